The van der Waals surface area contributed by atoms with E-state index in [0.717, 1.165) is 31.9 Å². The molecule has 100 valence electrons. The maximum atomic E-state index is 6.05. The van der Waals surface area contributed by atoms with E-state index in [0.29, 0.717) is 0 Å². The summed E-state index contributed by atoms with van der Waals surface area (Å²) >= 11 is 13.3. The van der Waals surface area contributed by atoms with Crippen molar-refractivity contribution in [1.82, 2.24) is 0 Å². The molecule has 1 nitrogen and oxygen atoms in total. The fourth-order valence-corrected chi connectivity index (χ4v) is 3.09. The normalized spacial score (nSPS) is 12.3. The first-order valence-corrected chi connectivity index (χ1v) is 7.85. The molecule has 19 heavy (non-hydrogen) atoms. The topological polar surface area (TPSA) is 9.23 Å². The second-order valence-corrected chi connectivity index (χ2v) is 6.47. The molecule has 0 spiro atoms. The van der Waals surface area contributed by atoms with E-state index in [1.165, 1.54) is 0 Å². The maximum Gasteiger partial charge on any atom is 0.123 e. The summed E-state index contributed by atoms with van der Waals surface area (Å²) < 4.78 is 6.53. The predicted molar refractivity (Wildman–Crippen MR) is 87.7 cm³/mol. The standard InChI is InChI=1S/C15H13Br2ClO/c1-9-6-14(19-2)12(8-13(9)16)15(17)10-4-3-5-11(18)7-10/h3-8,15H,1-2H3. The summed E-state index contributed by atoms with van der Waals surface area (Å²) in [5.74, 6) is 0.863. The van der Waals surface area contributed by atoms with Crippen molar-refractivity contribution in [3.05, 3.63) is 62.6 Å². The minimum absolute atomic E-state index is 0.0399. The van der Waals surface area contributed by atoms with Crippen molar-refractivity contribution < 1.29 is 4.74 Å². The number of benzene rings is 2. The third kappa shape index (κ3) is 3.33. The summed E-state index contributed by atoms with van der Waals surface area (Å²) in [6.07, 6.45) is 0. The van der Waals surface area contributed by atoms with Crippen molar-refractivity contribution in [2.75, 3.05) is 7.11 Å². The van der Waals surface area contributed by atoms with Gasteiger partial charge in [-0.05, 0) is 42.3 Å². The van der Waals surface area contributed by atoms with Gasteiger partial charge in [0.25, 0.3) is 0 Å². The molecule has 0 aliphatic rings. The second kappa shape index (κ2) is 6.29. The predicted octanol–water partition coefficient (Wildman–Crippen LogP) is 5.90. The smallest absolute Gasteiger partial charge is 0.123 e. The largest absolute Gasteiger partial charge is 0.496 e. The highest BCUT2D eigenvalue weighted by Gasteiger charge is 2.17. The molecule has 0 amide bonds. The zero-order chi connectivity index (χ0) is 14.0. The molecule has 2 rings (SSSR count). The second-order valence-electron chi connectivity index (χ2n) is 4.26. The Morgan fingerprint density at radius 3 is 2.58 bits per heavy atom. The van der Waals surface area contributed by atoms with Crippen molar-refractivity contribution in [2.45, 2.75) is 11.8 Å². The highest BCUT2D eigenvalue weighted by atomic mass is 79.9. The van der Waals surface area contributed by atoms with E-state index >= 15 is 0 Å². The van der Waals surface area contributed by atoms with Gasteiger partial charge in [0.1, 0.15) is 5.75 Å². The Morgan fingerprint density at radius 2 is 1.95 bits per heavy atom. The Morgan fingerprint density at radius 1 is 1.21 bits per heavy atom. The average molecular weight is 405 g/mol. The summed E-state index contributed by atoms with van der Waals surface area (Å²) in [5, 5.41) is 0.729. The SMILES string of the molecule is COc1cc(C)c(Br)cc1C(Br)c1cccc(Cl)c1. The van der Waals surface area contributed by atoms with Gasteiger partial charge in [-0.15, -0.1) is 0 Å². The zero-order valence-electron chi connectivity index (χ0n) is 10.6. The fraction of sp³-hybridized carbons (Fsp3) is 0.200. The first-order valence-electron chi connectivity index (χ1n) is 5.76. The summed E-state index contributed by atoms with van der Waals surface area (Å²) in [7, 11) is 1.68. The lowest BCUT2D eigenvalue weighted by atomic mass is 10.0. The van der Waals surface area contributed by atoms with Crippen molar-refractivity contribution in [2.24, 2.45) is 0 Å². The molecule has 0 radical (unpaired) electrons. The van der Waals surface area contributed by atoms with Crippen LogP contribution >= 0.6 is 43.5 Å². The van der Waals surface area contributed by atoms with Crippen LogP contribution < -0.4 is 4.74 Å². The zero-order valence-corrected chi connectivity index (χ0v) is 14.5. The molecule has 0 aliphatic carbocycles. The molecular weight excluding hydrogens is 391 g/mol. The molecule has 0 aromatic heterocycles. The monoisotopic (exact) mass is 402 g/mol. The Bertz CT molecular complexity index is 599. The molecule has 0 saturated carbocycles. The van der Waals surface area contributed by atoms with Crippen LogP contribution in [-0.4, -0.2) is 7.11 Å². The number of halogens is 3. The Kier molecular flexibility index (Phi) is 4.93. The molecule has 0 heterocycles. The Labute approximate surface area is 135 Å². The van der Waals surface area contributed by atoms with Gasteiger partial charge in [-0.2, -0.15) is 0 Å². The van der Waals surface area contributed by atoms with Crippen LogP contribution in [0.1, 0.15) is 21.5 Å². The maximum absolute atomic E-state index is 6.05. The van der Waals surface area contributed by atoms with Crippen LogP contribution in [0.25, 0.3) is 0 Å². The van der Waals surface area contributed by atoms with E-state index in [1.807, 2.05) is 37.3 Å². The molecule has 0 saturated heterocycles. The summed E-state index contributed by atoms with van der Waals surface area (Å²) in [6, 6.07) is 11.9. The van der Waals surface area contributed by atoms with E-state index in [-0.39, 0.29) is 4.83 Å². The first kappa shape index (κ1) is 14.9. The lowest BCUT2D eigenvalue weighted by molar-refractivity contribution is 0.410. The molecule has 1 atom stereocenters. The molecule has 0 N–H and O–H groups in total. The van der Waals surface area contributed by atoms with Crippen LogP contribution in [0.4, 0.5) is 0 Å². The number of hydrogen-bond acceptors (Lipinski definition) is 1. The van der Waals surface area contributed by atoms with Crippen LogP contribution in [0.2, 0.25) is 5.02 Å². The highest BCUT2D eigenvalue weighted by molar-refractivity contribution is 9.10. The molecule has 2 aromatic carbocycles. The minimum atomic E-state index is 0.0399. The van der Waals surface area contributed by atoms with E-state index in [1.54, 1.807) is 7.11 Å². The van der Waals surface area contributed by atoms with Gasteiger partial charge in [0.05, 0.1) is 11.9 Å². The van der Waals surface area contributed by atoms with Gasteiger partial charge in [-0.25, -0.2) is 0 Å². The number of ether oxygens (including phenoxy) is 1. The molecule has 2 aromatic rings. The summed E-state index contributed by atoms with van der Waals surface area (Å²) in [5.41, 5.74) is 3.31. The first-order chi connectivity index (χ1) is 9.02. The van der Waals surface area contributed by atoms with Gasteiger partial charge in [-0.1, -0.05) is 55.6 Å². The quantitative estimate of drug-likeness (QED) is 0.579. The number of hydrogen-bond donors (Lipinski definition) is 0. The molecule has 0 bridgehead atoms. The lowest BCUT2D eigenvalue weighted by Crippen LogP contribution is -1.98. The van der Waals surface area contributed by atoms with E-state index in [2.05, 4.69) is 37.9 Å². The van der Waals surface area contributed by atoms with Gasteiger partial charge in [0.2, 0.25) is 0 Å². The molecule has 0 aliphatic heterocycles. The van der Waals surface area contributed by atoms with Crippen LogP contribution in [-0.2, 0) is 0 Å². The minimum Gasteiger partial charge on any atom is -0.496 e. The summed E-state index contributed by atoms with van der Waals surface area (Å²) in [6.45, 7) is 2.04. The van der Waals surface area contributed by atoms with Gasteiger partial charge in [0, 0.05) is 15.1 Å². The summed E-state index contributed by atoms with van der Waals surface area (Å²) in [4.78, 5) is 0.0399. The van der Waals surface area contributed by atoms with Crippen molar-refractivity contribution >= 4 is 43.5 Å². The van der Waals surface area contributed by atoms with E-state index < -0.39 is 0 Å². The van der Waals surface area contributed by atoms with E-state index in [4.69, 9.17) is 16.3 Å². The van der Waals surface area contributed by atoms with Crippen LogP contribution in [0.3, 0.4) is 0 Å². The van der Waals surface area contributed by atoms with Gasteiger partial charge >= 0.3 is 0 Å². The number of rotatable bonds is 3. The van der Waals surface area contributed by atoms with Crippen LogP contribution in [0.15, 0.2) is 40.9 Å². The Balaban J connectivity index is 2.49. The lowest BCUT2D eigenvalue weighted by Gasteiger charge is -2.16. The van der Waals surface area contributed by atoms with Gasteiger partial charge in [0.15, 0.2) is 0 Å². The molecule has 1 unspecified atom stereocenters. The number of methoxy groups -OCH3 is 1. The third-order valence-electron chi connectivity index (χ3n) is 2.93. The van der Waals surface area contributed by atoms with Crippen molar-refractivity contribution in [3.8, 4) is 5.75 Å². The van der Waals surface area contributed by atoms with Crippen LogP contribution in [0.5, 0.6) is 5.75 Å². The third-order valence-corrected chi connectivity index (χ3v) is 5.04. The molecule has 4 heteroatoms. The fourth-order valence-electron chi connectivity index (χ4n) is 1.89. The Hall–Kier alpha value is -0.510. The van der Waals surface area contributed by atoms with Gasteiger partial charge in [-0.3, -0.25) is 0 Å². The van der Waals surface area contributed by atoms with E-state index in [9.17, 15) is 0 Å². The molecule has 0 fully saturated rings. The van der Waals surface area contributed by atoms with Crippen molar-refractivity contribution in [3.63, 3.8) is 0 Å². The van der Waals surface area contributed by atoms with Gasteiger partial charge < -0.3 is 4.74 Å². The van der Waals surface area contributed by atoms with Crippen molar-refractivity contribution in [1.29, 1.82) is 0 Å². The number of alkyl halides is 1. The van der Waals surface area contributed by atoms with Crippen LogP contribution in [0, 0.1) is 6.92 Å². The average Bonchev–Trinajstić information content (AvgIpc) is 2.40. The molecular formula is C15H13Br2ClO. The highest BCUT2D eigenvalue weighted by Crippen LogP contribution is 2.39. The number of aryl methyl sites for hydroxylation is 1.